The zero-order chi connectivity index (χ0) is 36.7. The maximum Gasteiger partial charge on any atom is 0.0390 e. The van der Waals surface area contributed by atoms with Crippen LogP contribution in [0.2, 0.25) is 0 Å². The topological polar surface area (TPSA) is 0 Å². The Bertz CT molecular complexity index is 2740. The summed E-state index contributed by atoms with van der Waals surface area (Å²) in [6, 6.07) is 18.3. The number of aryl methyl sites for hydroxylation is 2. The number of fused-ring (bicyclic) bond motifs is 11. The molecule has 2 aromatic carbocycles. The van der Waals surface area contributed by atoms with E-state index in [1.165, 1.54) is 64.2 Å². The molecule has 0 fully saturated rings. The Balaban J connectivity index is 1.09. The molecule has 0 radical (unpaired) electrons. The van der Waals surface area contributed by atoms with E-state index in [-0.39, 0.29) is 0 Å². The molecule has 12 rings (SSSR count). The number of rotatable bonds is 2. The van der Waals surface area contributed by atoms with E-state index in [0.29, 0.717) is 29.6 Å². The fourth-order valence-corrected chi connectivity index (χ4v) is 14.3. The smallest absolute Gasteiger partial charge is 0.0390 e. The molecule has 0 amide bonds. The first-order chi connectivity index (χ1) is 27.8. The second-order valence-electron chi connectivity index (χ2n) is 17.0. The van der Waals surface area contributed by atoms with E-state index in [1.54, 1.807) is 33.4 Å². The lowest BCUT2D eigenvalue weighted by atomic mass is 9.57. The first-order valence-corrected chi connectivity index (χ1v) is 22.8. The van der Waals surface area contributed by atoms with Crippen molar-refractivity contribution in [2.45, 2.75) is 57.8 Å². The summed E-state index contributed by atoms with van der Waals surface area (Å²) in [5.41, 5.74) is 17.1. The monoisotopic (exact) mass is 758 g/mol. The second kappa shape index (κ2) is 13.4. The number of hydrogen-bond donors (Lipinski definition) is 0. The van der Waals surface area contributed by atoms with Gasteiger partial charge in [-0.1, -0.05) is 128 Å². The Morgan fingerprint density at radius 2 is 1.14 bits per heavy atom. The second-order valence-corrected chi connectivity index (χ2v) is 19.1. The Kier molecular flexibility index (Phi) is 8.01. The third-order valence-electron chi connectivity index (χ3n) is 14.1. The molecule has 8 aliphatic rings. The highest BCUT2D eigenvalue weighted by Crippen LogP contribution is 2.59. The van der Waals surface area contributed by atoms with Crippen molar-refractivity contribution in [3.63, 3.8) is 0 Å². The average molecular weight is 759 g/mol. The minimum Gasteiger partial charge on any atom is -0.135 e. The van der Waals surface area contributed by atoms with Gasteiger partial charge >= 0.3 is 0 Å². The van der Waals surface area contributed by atoms with Crippen LogP contribution in [0.1, 0.15) is 65.8 Å². The molecular formula is C54H46S2. The predicted molar refractivity (Wildman–Crippen MR) is 241 cm³/mol. The Labute approximate surface area is 339 Å². The van der Waals surface area contributed by atoms with Gasteiger partial charge in [0.2, 0.25) is 0 Å². The molecule has 2 heterocycles. The van der Waals surface area contributed by atoms with Crippen molar-refractivity contribution in [2.75, 3.05) is 0 Å². The number of thiophene rings is 2. The lowest BCUT2D eigenvalue weighted by Crippen LogP contribution is -2.34. The molecule has 56 heavy (non-hydrogen) atoms. The van der Waals surface area contributed by atoms with Gasteiger partial charge in [-0.05, 0) is 160 Å². The van der Waals surface area contributed by atoms with Crippen LogP contribution in [0.3, 0.4) is 0 Å². The Morgan fingerprint density at radius 3 is 1.84 bits per heavy atom. The zero-order valence-corrected chi connectivity index (χ0v) is 33.5. The SMILES string of the molecule is C1=CCCC2CC=CC3=C2C2=C(C=CCC2C2CC=CC=C2C=C1)C1C=C(C2=CCCc4c2sc2ccccc42)C(C2=CCCc4c2sc2ccccc42)=CC31. The summed E-state index contributed by atoms with van der Waals surface area (Å²) in [5.74, 6) is 2.18. The van der Waals surface area contributed by atoms with Gasteiger partial charge in [0.1, 0.15) is 0 Å². The highest BCUT2D eigenvalue weighted by atomic mass is 32.1. The molecule has 5 atom stereocenters. The molecule has 8 aliphatic carbocycles. The summed E-state index contributed by atoms with van der Waals surface area (Å²) in [6.45, 7) is 0. The summed E-state index contributed by atoms with van der Waals surface area (Å²) < 4.78 is 2.84. The van der Waals surface area contributed by atoms with Gasteiger partial charge in [0.25, 0.3) is 0 Å². The van der Waals surface area contributed by atoms with Crippen molar-refractivity contribution in [1.29, 1.82) is 0 Å². The molecule has 2 aromatic heterocycles. The highest BCUT2D eigenvalue weighted by Gasteiger charge is 2.45. The Morgan fingerprint density at radius 1 is 0.518 bits per heavy atom. The van der Waals surface area contributed by atoms with Crippen molar-refractivity contribution in [3.05, 3.63) is 200 Å². The molecule has 4 aromatic rings. The van der Waals surface area contributed by atoms with Crippen LogP contribution in [-0.2, 0) is 12.8 Å². The molecule has 0 spiro atoms. The van der Waals surface area contributed by atoms with Crippen LogP contribution in [-0.4, -0.2) is 0 Å². The summed E-state index contributed by atoms with van der Waals surface area (Å²) in [7, 11) is 0. The van der Waals surface area contributed by atoms with Gasteiger partial charge in [-0.3, -0.25) is 0 Å². The van der Waals surface area contributed by atoms with Gasteiger partial charge in [-0.25, -0.2) is 0 Å². The fraction of sp³-hybridized carbons (Fsp3) is 0.259. The van der Waals surface area contributed by atoms with Gasteiger partial charge < -0.3 is 0 Å². The normalized spacial score (nSPS) is 27.6. The van der Waals surface area contributed by atoms with E-state index < -0.39 is 0 Å². The molecule has 0 saturated carbocycles. The molecule has 0 aliphatic heterocycles. The number of allylic oxidation sites excluding steroid dienone is 24. The fourth-order valence-electron chi connectivity index (χ4n) is 11.7. The zero-order valence-electron chi connectivity index (χ0n) is 31.8. The third-order valence-corrected chi connectivity index (χ3v) is 16.6. The third kappa shape index (κ3) is 5.14. The van der Waals surface area contributed by atoms with Crippen LogP contribution in [0, 0.1) is 29.6 Å². The highest BCUT2D eigenvalue weighted by molar-refractivity contribution is 7.20. The minimum atomic E-state index is 0.312. The van der Waals surface area contributed by atoms with Gasteiger partial charge in [0.15, 0.2) is 0 Å². The van der Waals surface area contributed by atoms with Crippen molar-refractivity contribution in [2.24, 2.45) is 29.6 Å². The average Bonchev–Trinajstić information content (AvgIpc) is 3.83. The van der Waals surface area contributed by atoms with E-state index in [1.807, 2.05) is 22.7 Å². The van der Waals surface area contributed by atoms with E-state index in [4.69, 9.17) is 0 Å². The minimum absolute atomic E-state index is 0.312. The number of hydrogen-bond acceptors (Lipinski definition) is 2. The van der Waals surface area contributed by atoms with Crippen LogP contribution < -0.4 is 0 Å². The van der Waals surface area contributed by atoms with Crippen molar-refractivity contribution in [3.8, 4) is 0 Å². The van der Waals surface area contributed by atoms with Crippen LogP contribution in [0.25, 0.3) is 31.3 Å². The molecule has 0 nitrogen and oxygen atoms in total. The summed E-state index contributed by atoms with van der Waals surface area (Å²) in [5, 5.41) is 2.91. The Hall–Kier alpha value is -4.76. The molecule has 0 N–H and O–H groups in total. The lowest BCUT2D eigenvalue weighted by molar-refractivity contribution is 0.406. The van der Waals surface area contributed by atoms with Crippen LogP contribution >= 0.6 is 22.7 Å². The van der Waals surface area contributed by atoms with Crippen molar-refractivity contribution >= 4 is 54.0 Å². The van der Waals surface area contributed by atoms with E-state index in [2.05, 4.69) is 140 Å². The van der Waals surface area contributed by atoms with E-state index in [9.17, 15) is 0 Å². The molecule has 0 saturated heterocycles. The van der Waals surface area contributed by atoms with Gasteiger partial charge in [-0.15, -0.1) is 22.7 Å². The first kappa shape index (κ1) is 33.4. The van der Waals surface area contributed by atoms with Crippen molar-refractivity contribution < 1.29 is 0 Å². The van der Waals surface area contributed by atoms with Gasteiger partial charge in [0, 0.05) is 31.0 Å². The van der Waals surface area contributed by atoms with Gasteiger partial charge in [-0.2, -0.15) is 0 Å². The molecule has 0 bridgehead atoms. The van der Waals surface area contributed by atoms with E-state index in [0.717, 1.165) is 51.4 Å². The van der Waals surface area contributed by atoms with Crippen LogP contribution in [0.4, 0.5) is 0 Å². The lowest BCUT2D eigenvalue weighted by Gasteiger charge is -2.46. The number of benzene rings is 2. The summed E-state index contributed by atoms with van der Waals surface area (Å²) in [6.07, 6.45) is 47.8. The molecular weight excluding hydrogens is 713 g/mol. The maximum atomic E-state index is 2.79. The summed E-state index contributed by atoms with van der Waals surface area (Å²) >= 11 is 4.04. The molecule has 5 unspecified atom stereocenters. The molecule has 2 heteroatoms. The van der Waals surface area contributed by atoms with Crippen molar-refractivity contribution in [1.82, 2.24) is 0 Å². The van der Waals surface area contributed by atoms with Crippen LogP contribution in [0.15, 0.2) is 179 Å². The maximum absolute atomic E-state index is 2.79. The largest absolute Gasteiger partial charge is 0.135 e. The summed E-state index contributed by atoms with van der Waals surface area (Å²) in [4.78, 5) is 3.00. The quantitative estimate of drug-likeness (QED) is 0.191. The van der Waals surface area contributed by atoms with Crippen LogP contribution in [0.5, 0.6) is 0 Å². The molecule has 274 valence electrons. The first-order valence-electron chi connectivity index (χ1n) is 21.2. The van der Waals surface area contributed by atoms with Gasteiger partial charge in [0.05, 0.1) is 0 Å². The predicted octanol–water partition coefficient (Wildman–Crippen LogP) is 14.7. The standard InChI is InChI=1S/C54H46S2/c1-2-4-17-34-18-11-22-39-45-31-47(43-27-13-25-41-36-20-7-9-29-49(36)55-53(41)43)48(44-28-14-26-42-37-21-8-10-30-50(37)56-54(42)44)32-46(45)40-24-12-23-38(52(40)51(34)39)35-19-6-5-16-33(35)15-3-1/h1-3,5-12,15-16,20-22,24,27-32,34-35,38,45-46H,4,13-14,17-19,23,25-26H2. The van der Waals surface area contributed by atoms with E-state index >= 15 is 0 Å².